The van der Waals surface area contributed by atoms with Crippen LogP contribution in [0, 0.1) is 18.7 Å². The van der Waals surface area contributed by atoms with E-state index in [0.29, 0.717) is 6.42 Å². The molecule has 0 aliphatic heterocycles. The van der Waals surface area contributed by atoms with Gasteiger partial charge in [-0.1, -0.05) is 13.0 Å². The molecule has 0 amide bonds. The second-order valence-corrected chi connectivity index (χ2v) is 4.29. The smallest absolute Gasteiger partial charge is 0.130 e. The topological polar surface area (TPSA) is 17.1 Å². The summed E-state index contributed by atoms with van der Waals surface area (Å²) in [5, 5.41) is 0. The molecule has 0 heterocycles. The number of benzene rings is 1. The molecule has 0 aliphatic carbocycles. The molecule has 1 rings (SSSR count). The van der Waals surface area contributed by atoms with Crippen LogP contribution >= 0.6 is 0 Å². The van der Waals surface area contributed by atoms with Crippen molar-refractivity contribution in [2.75, 3.05) is 0 Å². The van der Waals surface area contributed by atoms with Crippen LogP contribution in [-0.4, -0.2) is 5.78 Å². The Morgan fingerprint density at radius 1 is 1.47 bits per heavy atom. The quantitative estimate of drug-likeness (QED) is 0.742. The molecule has 1 aromatic rings. The van der Waals surface area contributed by atoms with Crippen molar-refractivity contribution in [2.24, 2.45) is 5.92 Å². The Balaban J connectivity index is 2.71. The standard InChI is InChI=1S/C13H17FO/c1-9(6-11(3)15)7-12-8-13(14)5-4-10(12)2/h4-5,8-9H,6-7H2,1-3H3. The normalized spacial score (nSPS) is 12.5. The van der Waals surface area contributed by atoms with Crippen molar-refractivity contribution >= 4 is 5.78 Å². The minimum Gasteiger partial charge on any atom is -0.300 e. The first kappa shape index (κ1) is 11.9. The van der Waals surface area contributed by atoms with E-state index in [9.17, 15) is 9.18 Å². The highest BCUT2D eigenvalue weighted by atomic mass is 19.1. The first-order valence-corrected chi connectivity index (χ1v) is 5.23. The molecule has 1 atom stereocenters. The van der Waals surface area contributed by atoms with Gasteiger partial charge in [-0.3, -0.25) is 0 Å². The van der Waals surface area contributed by atoms with Crippen molar-refractivity contribution < 1.29 is 9.18 Å². The molecule has 1 aromatic carbocycles. The minimum atomic E-state index is -0.203. The van der Waals surface area contributed by atoms with Crippen LogP contribution in [0.1, 0.15) is 31.4 Å². The summed E-state index contributed by atoms with van der Waals surface area (Å²) in [6.45, 7) is 5.58. The molecule has 0 saturated carbocycles. The number of hydrogen-bond donors (Lipinski definition) is 0. The van der Waals surface area contributed by atoms with Crippen LogP contribution in [0.15, 0.2) is 18.2 Å². The largest absolute Gasteiger partial charge is 0.300 e. The van der Waals surface area contributed by atoms with Crippen LogP contribution in [0.2, 0.25) is 0 Å². The molecule has 0 aliphatic rings. The second-order valence-electron chi connectivity index (χ2n) is 4.29. The van der Waals surface area contributed by atoms with E-state index in [4.69, 9.17) is 0 Å². The second kappa shape index (κ2) is 5.06. The van der Waals surface area contributed by atoms with Gasteiger partial charge in [-0.15, -0.1) is 0 Å². The molecule has 0 N–H and O–H groups in total. The SMILES string of the molecule is CC(=O)CC(C)Cc1cc(F)ccc1C. The zero-order valence-electron chi connectivity index (χ0n) is 9.51. The fourth-order valence-corrected chi connectivity index (χ4v) is 1.80. The molecule has 82 valence electrons. The van der Waals surface area contributed by atoms with Crippen LogP contribution in [0.4, 0.5) is 4.39 Å². The van der Waals surface area contributed by atoms with Crippen molar-refractivity contribution in [1.82, 2.24) is 0 Å². The average molecular weight is 208 g/mol. The van der Waals surface area contributed by atoms with Crippen molar-refractivity contribution in [2.45, 2.75) is 33.6 Å². The summed E-state index contributed by atoms with van der Waals surface area (Å²) < 4.78 is 13.0. The number of carbonyl (C=O) groups excluding carboxylic acids is 1. The molecule has 15 heavy (non-hydrogen) atoms. The third-order valence-electron chi connectivity index (χ3n) is 2.52. The highest BCUT2D eigenvalue weighted by Gasteiger charge is 2.08. The van der Waals surface area contributed by atoms with Gasteiger partial charge in [0.25, 0.3) is 0 Å². The Hall–Kier alpha value is -1.18. The minimum absolute atomic E-state index is 0.191. The van der Waals surface area contributed by atoms with Gasteiger partial charge in [-0.05, 0) is 49.4 Å². The Bertz CT molecular complexity index is 358. The third kappa shape index (κ3) is 3.82. The van der Waals surface area contributed by atoms with Crippen LogP contribution in [0.3, 0.4) is 0 Å². The lowest BCUT2D eigenvalue weighted by molar-refractivity contribution is -0.117. The van der Waals surface area contributed by atoms with Gasteiger partial charge in [0.05, 0.1) is 0 Å². The molecule has 1 unspecified atom stereocenters. The number of hydrogen-bond acceptors (Lipinski definition) is 1. The Kier molecular flexibility index (Phi) is 4.01. The summed E-state index contributed by atoms with van der Waals surface area (Å²) in [4.78, 5) is 10.9. The first-order chi connectivity index (χ1) is 6.99. The van der Waals surface area contributed by atoms with E-state index < -0.39 is 0 Å². The molecule has 0 fully saturated rings. The molecule has 0 spiro atoms. The number of rotatable bonds is 4. The summed E-state index contributed by atoms with van der Waals surface area (Å²) in [7, 11) is 0. The van der Waals surface area contributed by atoms with E-state index in [0.717, 1.165) is 17.5 Å². The number of carbonyl (C=O) groups is 1. The van der Waals surface area contributed by atoms with Gasteiger partial charge in [0, 0.05) is 6.42 Å². The van der Waals surface area contributed by atoms with E-state index >= 15 is 0 Å². The van der Waals surface area contributed by atoms with Gasteiger partial charge in [0.2, 0.25) is 0 Å². The van der Waals surface area contributed by atoms with Crippen LogP contribution in [0.5, 0.6) is 0 Å². The molecular formula is C13H17FO. The lowest BCUT2D eigenvalue weighted by Gasteiger charge is -2.11. The summed E-state index contributed by atoms with van der Waals surface area (Å²) in [6, 6.07) is 4.81. The van der Waals surface area contributed by atoms with Crippen molar-refractivity contribution in [3.05, 3.63) is 35.1 Å². The number of Topliss-reactive ketones (excluding diaryl/α,β-unsaturated/α-hetero) is 1. The van der Waals surface area contributed by atoms with Gasteiger partial charge in [-0.2, -0.15) is 0 Å². The number of halogens is 1. The Morgan fingerprint density at radius 2 is 2.13 bits per heavy atom. The number of aryl methyl sites for hydroxylation is 1. The summed E-state index contributed by atoms with van der Waals surface area (Å²) >= 11 is 0. The molecular weight excluding hydrogens is 191 g/mol. The van der Waals surface area contributed by atoms with E-state index in [2.05, 4.69) is 0 Å². The molecule has 0 saturated heterocycles. The lowest BCUT2D eigenvalue weighted by atomic mass is 9.94. The third-order valence-corrected chi connectivity index (χ3v) is 2.52. The summed E-state index contributed by atoms with van der Waals surface area (Å²) in [6.07, 6.45) is 1.33. The monoisotopic (exact) mass is 208 g/mol. The predicted octanol–water partition coefficient (Wildman–Crippen LogP) is 3.29. The Morgan fingerprint density at radius 3 is 2.73 bits per heavy atom. The van der Waals surface area contributed by atoms with Gasteiger partial charge in [0.15, 0.2) is 0 Å². The van der Waals surface area contributed by atoms with E-state index in [-0.39, 0.29) is 17.5 Å². The molecule has 0 aromatic heterocycles. The maximum Gasteiger partial charge on any atom is 0.130 e. The van der Waals surface area contributed by atoms with Gasteiger partial charge < -0.3 is 4.79 Å². The van der Waals surface area contributed by atoms with E-state index in [1.807, 2.05) is 13.8 Å². The lowest BCUT2D eigenvalue weighted by Crippen LogP contribution is -2.06. The first-order valence-electron chi connectivity index (χ1n) is 5.23. The van der Waals surface area contributed by atoms with E-state index in [1.165, 1.54) is 6.07 Å². The Labute approximate surface area is 90.3 Å². The van der Waals surface area contributed by atoms with Crippen molar-refractivity contribution in [3.8, 4) is 0 Å². The maximum atomic E-state index is 13.0. The maximum absolute atomic E-state index is 13.0. The number of ketones is 1. The fourth-order valence-electron chi connectivity index (χ4n) is 1.80. The van der Waals surface area contributed by atoms with Crippen LogP contribution < -0.4 is 0 Å². The molecule has 1 nitrogen and oxygen atoms in total. The van der Waals surface area contributed by atoms with Gasteiger partial charge >= 0.3 is 0 Å². The van der Waals surface area contributed by atoms with Gasteiger partial charge in [-0.25, -0.2) is 4.39 Å². The predicted molar refractivity (Wildman–Crippen MR) is 59.3 cm³/mol. The van der Waals surface area contributed by atoms with Crippen LogP contribution in [-0.2, 0) is 11.2 Å². The molecule has 0 radical (unpaired) electrons. The van der Waals surface area contributed by atoms with Gasteiger partial charge in [0.1, 0.15) is 11.6 Å². The summed E-state index contributed by atoms with van der Waals surface area (Å²) in [5.74, 6) is 0.269. The fraction of sp³-hybridized carbons (Fsp3) is 0.462. The highest BCUT2D eigenvalue weighted by Crippen LogP contribution is 2.17. The summed E-state index contributed by atoms with van der Waals surface area (Å²) in [5.41, 5.74) is 2.09. The average Bonchev–Trinajstić information content (AvgIpc) is 2.10. The zero-order valence-corrected chi connectivity index (χ0v) is 9.51. The molecule has 2 heteroatoms. The van der Waals surface area contributed by atoms with Crippen molar-refractivity contribution in [1.29, 1.82) is 0 Å². The van der Waals surface area contributed by atoms with Crippen LogP contribution in [0.25, 0.3) is 0 Å². The molecule has 0 bridgehead atoms. The van der Waals surface area contributed by atoms with Crippen molar-refractivity contribution in [3.63, 3.8) is 0 Å². The highest BCUT2D eigenvalue weighted by molar-refractivity contribution is 5.75. The van der Waals surface area contributed by atoms with E-state index in [1.54, 1.807) is 19.1 Å². The zero-order chi connectivity index (χ0) is 11.4.